The highest BCUT2D eigenvalue weighted by Gasteiger charge is 2.26. The number of hydrogen-bond donors (Lipinski definition) is 0. The first kappa shape index (κ1) is 10.6. The molecule has 2 nitrogen and oxygen atoms in total. The summed E-state index contributed by atoms with van der Waals surface area (Å²) < 4.78 is 0. The second-order valence-electron chi connectivity index (χ2n) is 3.92. The van der Waals surface area contributed by atoms with E-state index in [-0.39, 0.29) is 0 Å². The minimum atomic E-state index is 0.381. The minimum absolute atomic E-state index is 0.381. The third kappa shape index (κ3) is 2.71. The van der Waals surface area contributed by atoms with Gasteiger partial charge in [0.1, 0.15) is 0 Å². The number of nitrogens with zero attached hydrogens (tertiary/aromatic N) is 1. The van der Waals surface area contributed by atoms with Crippen LogP contribution in [0.1, 0.15) is 52.4 Å². The summed E-state index contributed by atoms with van der Waals surface area (Å²) in [5.74, 6) is 0.381. The summed E-state index contributed by atoms with van der Waals surface area (Å²) >= 11 is 0. The maximum absolute atomic E-state index is 11.5. The Balaban J connectivity index is 2.47. The van der Waals surface area contributed by atoms with Crippen LogP contribution in [0.5, 0.6) is 0 Å². The van der Waals surface area contributed by atoms with Crippen molar-refractivity contribution < 1.29 is 4.79 Å². The highest BCUT2D eigenvalue weighted by atomic mass is 16.2. The van der Waals surface area contributed by atoms with E-state index >= 15 is 0 Å². The summed E-state index contributed by atoms with van der Waals surface area (Å²) in [5.41, 5.74) is 0. The van der Waals surface area contributed by atoms with Crippen LogP contribution in [-0.4, -0.2) is 23.4 Å². The Labute approximate surface area is 81.3 Å². The monoisotopic (exact) mass is 183 g/mol. The molecule has 1 fully saturated rings. The Hall–Kier alpha value is -0.530. The fourth-order valence-corrected chi connectivity index (χ4v) is 2.18. The van der Waals surface area contributed by atoms with Gasteiger partial charge in [0.15, 0.2) is 0 Å². The predicted molar refractivity (Wildman–Crippen MR) is 54.6 cm³/mol. The molecule has 0 aromatic heterocycles. The van der Waals surface area contributed by atoms with Crippen LogP contribution in [0, 0.1) is 0 Å². The summed E-state index contributed by atoms with van der Waals surface area (Å²) in [6.45, 7) is 5.40. The normalized spacial score (nSPS) is 17.5. The standard InChI is InChI=1S/C11H21NO/c1-3-6-10(7-4-2)12-9-5-8-11(12)13/h10H,3-9H2,1-2H3. The van der Waals surface area contributed by atoms with Gasteiger partial charge < -0.3 is 4.90 Å². The van der Waals surface area contributed by atoms with E-state index in [1.807, 2.05) is 0 Å². The second kappa shape index (κ2) is 5.25. The van der Waals surface area contributed by atoms with Crippen molar-refractivity contribution in [1.29, 1.82) is 0 Å². The van der Waals surface area contributed by atoms with E-state index in [1.54, 1.807) is 0 Å². The molecule has 1 amide bonds. The molecule has 0 saturated carbocycles. The van der Waals surface area contributed by atoms with E-state index in [1.165, 1.54) is 25.7 Å². The molecular formula is C11H21NO. The molecule has 0 bridgehead atoms. The largest absolute Gasteiger partial charge is 0.340 e. The average molecular weight is 183 g/mol. The zero-order valence-corrected chi connectivity index (χ0v) is 8.88. The molecular weight excluding hydrogens is 162 g/mol. The van der Waals surface area contributed by atoms with Crippen LogP contribution in [0.25, 0.3) is 0 Å². The zero-order chi connectivity index (χ0) is 9.68. The van der Waals surface area contributed by atoms with Gasteiger partial charge in [-0.15, -0.1) is 0 Å². The van der Waals surface area contributed by atoms with Gasteiger partial charge in [-0.05, 0) is 19.3 Å². The van der Waals surface area contributed by atoms with Gasteiger partial charge in [0.05, 0.1) is 0 Å². The fourth-order valence-electron chi connectivity index (χ4n) is 2.18. The minimum Gasteiger partial charge on any atom is -0.340 e. The third-order valence-corrected chi connectivity index (χ3v) is 2.79. The predicted octanol–water partition coefficient (Wildman–Crippen LogP) is 2.58. The molecule has 76 valence electrons. The van der Waals surface area contributed by atoms with Crippen molar-refractivity contribution in [2.45, 2.75) is 58.4 Å². The van der Waals surface area contributed by atoms with Crippen LogP contribution in [0.4, 0.5) is 0 Å². The van der Waals surface area contributed by atoms with Gasteiger partial charge in [0, 0.05) is 19.0 Å². The van der Waals surface area contributed by atoms with Gasteiger partial charge in [-0.3, -0.25) is 4.79 Å². The van der Waals surface area contributed by atoms with Crippen molar-refractivity contribution in [3.05, 3.63) is 0 Å². The summed E-state index contributed by atoms with van der Waals surface area (Å²) in [6, 6.07) is 0.532. The first-order valence-electron chi connectivity index (χ1n) is 5.59. The number of likely N-dealkylation sites (tertiary alicyclic amines) is 1. The molecule has 1 heterocycles. The third-order valence-electron chi connectivity index (χ3n) is 2.79. The first-order valence-corrected chi connectivity index (χ1v) is 5.59. The maximum Gasteiger partial charge on any atom is 0.222 e. The molecule has 2 heteroatoms. The van der Waals surface area contributed by atoms with Crippen LogP contribution in [0.3, 0.4) is 0 Å². The number of carbonyl (C=O) groups excluding carboxylic acids is 1. The molecule has 0 atom stereocenters. The molecule has 0 N–H and O–H groups in total. The zero-order valence-electron chi connectivity index (χ0n) is 8.88. The fraction of sp³-hybridized carbons (Fsp3) is 0.909. The molecule has 1 aliphatic heterocycles. The molecule has 0 aromatic carbocycles. The lowest BCUT2D eigenvalue weighted by Gasteiger charge is -2.27. The number of carbonyl (C=O) groups is 1. The van der Waals surface area contributed by atoms with E-state index in [9.17, 15) is 4.79 Å². The van der Waals surface area contributed by atoms with Crippen molar-refractivity contribution in [3.8, 4) is 0 Å². The van der Waals surface area contributed by atoms with E-state index in [0.717, 1.165) is 19.4 Å². The van der Waals surface area contributed by atoms with Crippen molar-refractivity contribution >= 4 is 5.91 Å². The second-order valence-corrected chi connectivity index (χ2v) is 3.92. The Morgan fingerprint density at radius 3 is 2.31 bits per heavy atom. The van der Waals surface area contributed by atoms with Crippen molar-refractivity contribution in [1.82, 2.24) is 4.90 Å². The Bertz CT molecular complexity index is 161. The van der Waals surface area contributed by atoms with E-state index in [0.29, 0.717) is 11.9 Å². The van der Waals surface area contributed by atoms with Crippen LogP contribution in [-0.2, 0) is 4.79 Å². The summed E-state index contributed by atoms with van der Waals surface area (Å²) in [4.78, 5) is 13.6. The molecule has 0 radical (unpaired) electrons. The topological polar surface area (TPSA) is 20.3 Å². The quantitative estimate of drug-likeness (QED) is 0.641. The van der Waals surface area contributed by atoms with Gasteiger partial charge in [0.25, 0.3) is 0 Å². The van der Waals surface area contributed by atoms with Crippen LogP contribution >= 0.6 is 0 Å². The van der Waals surface area contributed by atoms with Gasteiger partial charge in [-0.2, -0.15) is 0 Å². The first-order chi connectivity index (χ1) is 6.29. The van der Waals surface area contributed by atoms with Gasteiger partial charge >= 0.3 is 0 Å². The lowest BCUT2D eigenvalue weighted by Crippen LogP contribution is -2.35. The highest BCUT2D eigenvalue weighted by molar-refractivity contribution is 5.78. The highest BCUT2D eigenvalue weighted by Crippen LogP contribution is 2.20. The number of hydrogen-bond acceptors (Lipinski definition) is 1. The van der Waals surface area contributed by atoms with Gasteiger partial charge in [0.2, 0.25) is 5.91 Å². The van der Waals surface area contributed by atoms with Crippen LogP contribution in [0.2, 0.25) is 0 Å². The summed E-state index contributed by atoms with van der Waals surface area (Å²) in [7, 11) is 0. The van der Waals surface area contributed by atoms with Crippen LogP contribution < -0.4 is 0 Å². The molecule has 0 unspecified atom stereocenters. The number of rotatable bonds is 5. The van der Waals surface area contributed by atoms with Gasteiger partial charge in [-0.25, -0.2) is 0 Å². The van der Waals surface area contributed by atoms with Crippen LogP contribution in [0.15, 0.2) is 0 Å². The van der Waals surface area contributed by atoms with Crippen molar-refractivity contribution in [2.24, 2.45) is 0 Å². The van der Waals surface area contributed by atoms with E-state index in [4.69, 9.17) is 0 Å². The molecule has 0 aromatic rings. The molecule has 1 saturated heterocycles. The summed E-state index contributed by atoms with van der Waals surface area (Å²) in [6.07, 6.45) is 6.59. The maximum atomic E-state index is 11.5. The smallest absolute Gasteiger partial charge is 0.222 e. The molecule has 13 heavy (non-hydrogen) atoms. The molecule has 1 rings (SSSR count). The summed E-state index contributed by atoms with van der Waals surface area (Å²) in [5, 5.41) is 0. The van der Waals surface area contributed by atoms with E-state index in [2.05, 4.69) is 18.7 Å². The van der Waals surface area contributed by atoms with Gasteiger partial charge in [-0.1, -0.05) is 26.7 Å². The lowest BCUT2D eigenvalue weighted by atomic mass is 10.1. The van der Waals surface area contributed by atoms with Crippen molar-refractivity contribution in [3.63, 3.8) is 0 Å². The average Bonchev–Trinajstić information content (AvgIpc) is 2.51. The Morgan fingerprint density at radius 2 is 1.92 bits per heavy atom. The molecule has 0 spiro atoms. The van der Waals surface area contributed by atoms with Crippen molar-refractivity contribution in [2.75, 3.05) is 6.54 Å². The SMILES string of the molecule is CCCC(CCC)N1CCCC1=O. The molecule has 0 aliphatic carbocycles. The lowest BCUT2D eigenvalue weighted by molar-refractivity contribution is -0.129. The molecule has 1 aliphatic rings. The Morgan fingerprint density at radius 1 is 1.31 bits per heavy atom. The van der Waals surface area contributed by atoms with E-state index < -0.39 is 0 Å². The number of amides is 1. The Kier molecular flexibility index (Phi) is 4.26.